The van der Waals surface area contributed by atoms with Crippen molar-refractivity contribution in [1.82, 2.24) is 4.98 Å². The molecule has 0 saturated carbocycles. The molecule has 0 radical (unpaired) electrons. The van der Waals surface area contributed by atoms with Crippen LogP contribution < -0.4 is 0 Å². The van der Waals surface area contributed by atoms with Crippen molar-refractivity contribution in [3.05, 3.63) is 34.1 Å². The summed E-state index contributed by atoms with van der Waals surface area (Å²) in [5.74, 6) is 0.511. The predicted molar refractivity (Wildman–Crippen MR) is 56.1 cm³/mol. The molecule has 0 aliphatic heterocycles. The first kappa shape index (κ1) is 8.76. The molecular weight excluding hydrogens is 182 g/mol. The van der Waals surface area contributed by atoms with E-state index in [1.807, 2.05) is 6.07 Å². The molecule has 68 valence electrons. The van der Waals surface area contributed by atoms with E-state index in [9.17, 15) is 0 Å². The van der Waals surface area contributed by atoms with E-state index in [0.717, 1.165) is 12.1 Å². The van der Waals surface area contributed by atoms with Crippen molar-refractivity contribution in [3.63, 3.8) is 0 Å². The van der Waals surface area contributed by atoms with E-state index in [-0.39, 0.29) is 0 Å². The molecule has 1 aliphatic rings. The number of aromatic nitrogens is 1. The summed E-state index contributed by atoms with van der Waals surface area (Å²) < 4.78 is 0. The zero-order valence-electron chi connectivity index (χ0n) is 7.84. The largest absolute Gasteiger partial charge is 0.240 e. The number of allylic oxidation sites excluding steroid dienone is 1. The van der Waals surface area contributed by atoms with Gasteiger partial charge in [-0.15, -0.1) is 0 Å². The molecule has 1 aliphatic carbocycles. The van der Waals surface area contributed by atoms with Crippen molar-refractivity contribution in [3.8, 4) is 0 Å². The minimum absolute atomic E-state index is 0.511. The molecule has 1 aromatic rings. The fourth-order valence-corrected chi connectivity index (χ4v) is 1.93. The third-order valence-electron chi connectivity index (χ3n) is 2.36. The molecule has 1 aromatic heterocycles. The summed E-state index contributed by atoms with van der Waals surface area (Å²) in [7, 11) is 0. The van der Waals surface area contributed by atoms with Crippen LogP contribution in [0.3, 0.4) is 0 Å². The lowest BCUT2D eigenvalue weighted by Crippen LogP contribution is -1.97. The highest BCUT2D eigenvalue weighted by atomic mass is 35.5. The van der Waals surface area contributed by atoms with Crippen LogP contribution >= 0.6 is 11.6 Å². The number of rotatable bonds is 1. The van der Waals surface area contributed by atoms with Crippen molar-refractivity contribution >= 4 is 17.7 Å². The van der Waals surface area contributed by atoms with Crippen molar-refractivity contribution < 1.29 is 0 Å². The number of pyridine rings is 1. The number of halogens is 1. The lowest BCUT2D eigenvalue weighted by atomic mass is 9.98. The van der Waals surface area contributed by atoms with Gasteiger partial charge in [0.25, 0.3) is 0 Å². The van der Waals surface area contributed by atoms with Gasteiger partial charge in [0.15, 0.2) is 0 Å². The zero-order valence-corrected chi connectivity index (χ0v) is 8.60. The Kier molecular flexibility index (Phi) is 2.12. The molecule has 1 nitrogen and oxygen atoms in total. The molecule has 2 heteroatoms. The van der Waals surface area contributed by atoms with E-state index < -0.39 is 0 Å². The Bertz CT molecular complexity index is 367. The topological polar surface area (TPSA) is 12.9 Å². The summed E-state index contributed by atoms with van der Waals surface area (Å²) in [6, 6.07) is 1.97. The first-order valence-corrected chi connectivity index (χ1v) is 4.92. The minimum Gasteiger partial charge on any atom is -0.240 e. The average molecular weight is 194 g/mol. The van der Waals surface area contributed by atoms with E-state index >= 15 is 0 Å². The summed E-state index contributed by atoms with van der Waals surface area (Å²) in [4.78, 5) is 4.30. The van der Waals surface area contributed by atoms with Crippen LogP contribution in [-0.2, 0) is 6.42 Å². The number of nitrogens with zero attached hydrogens (tertiary/aromatic N) is 1. The Morgan fingerprint density at radius 3 is 2.92 bits per heavy atom. The molecule has 0 saturated heterocycles. The predicted octanol–water partition coefficient (Wildman–Crippen LogP) is 3.43. The Morgan fingerprint density at radius 1 is 1.46 bits per heavy atom. The standard InChI is InChI=1S/C11H12ClN/c1-7(2)9-6-11(12)13-10-5-3-4-8(9)10/h3-4,6-7H,5H2,1-2H3. The van der Waals surface area contributed by atoms with Crippen LogP contribution in [0, 0.1) is 0 Å². The molecule has 0 bridgehead atoms. The van der Waals surface area contributed by atoms with Gasteiger partial charge < -0.3 is 0 Å². The van der Waals surface area contributed by atoms with Crippen LogP contribution in [0.5, 0.6) is 0 Å². The van der Waals surface area contributed by atoms with Crippen molar-refractivity contribution in [2.45, 2.75) is 26.2 Å². The van der Waals surface area contributed by atoms with Crippen LogP contribution in [0.25, 0.3) is 6.08 Å². The van der Waals surface area contributed by atoms with Gasteiger partial charge in [0.05, 0.1) is 5.69 Å². The van der Waals surface area contributed by atoms with E-state index in [4.69, 9.17) is 11.6 Å². The van der Waals surface area contributed by atoms with Gasteiger partial charge in [-0.3, -0.25) is 0 Å². The molecule has 0 amide bonds. The van der Waals surface area contributed by atoms with Crippen molar-refractivity contribution in [2.24, 2.45) is 0 Å². The van der Waals surface area contributed by atoms with Gasteiger partial charge in [0, 0.05) is 6.42 Å². The molecule has 1 heterocycles. The lowest BCUT2D eigenvalue weighted by molar-refractivity contribution is 0.856. The normalized spacial score (nSPS) is 13.8. The molecule has 0 aromatic carbocycles. The smallest absolute Gasteiger partial charge is 0.129 e. The molecule has 0 spiro atoms. The zero-order chi connectivity index (χ0) is 9.42. The Morgan fingerprint density at radius 2 is 2.23 bits per heavy atom. The van der Waals surface area contributed by atoms with E-state index in [2.05, 4.69) is 31.0 Å². The molecule has 0 N–H and O–H groups in total. The molecule has 0 unspecified atom stereocenters. The van der Waals surface area contributed by atoms with Gasteiger partial charge >= 0.3 is 0 Å². The SMILES string of the molecule is CC(C)c1cc(Cl)nc2c1C=CC2. The Labute approximate surface area is 83.4 Å². The second-order valence-corrected chi connectivity index (χ2v) is 4.04. The van der Waals surface area contributed by atoms with Gasteiger partial charge in [-0.2, -0.15) is 0 Å². The molecule has 2 rings (SSSR count). The van der Waals surface area contributed by atoms with Crippen molar-refractivity contribution in [2.75, 3.05) is 0 Å². The number of fused-ring (bicyclic) bond motifs is 1. The number of hydrogen-bond acceptors (Lipinski definition) is 1. The fourth-order valence-electron chi connectivity index (χ4n) is 1.71. The third-order valence-corrected chi connectivity index (χ3v) is 2.55. The summed E-state index contributed by atoms with van der Waals surface area (Å²) >= 11 is 5.93. The highest BCUT2D eigenvalue weighted by Crippen LogP contribution is 2.29. The maximum absolute atomic E-state index is 5.93. The highest BCUT2D eigenvalue weighted by molar-refractivity contribution is 6.29. The van der Waals surface area contributed by atoms with Crippen LogP contribution in [0.15, 0.2) is 12.1 Å². The van der Waals surface area contributed by atoms with Crippen LogP contribution in [0.4, 0.5) is 0 Å². The van der Waals surface area contributed by atoms with Crippen LogP contribution in [0.2, 0.25) is 5.15 Å². The summed E-state index contributed by atoms with van der Waals surface area (Å²) in [6.07, 6.45) is 5.21. The highest BCUT2D eigenvalue weighted by Gasteiger charge is 2.14. The fraction of sp³-hybridized carbons (Fsp3) is 0.364. The van der Waals surface area contributed by atoms with Gasteiger partial charge in [0.1, 0.15) is 5.15 Å². The first-order valence-electron chi connectivity index (χ1n) is 4.54. The minimum atomic E-state index is 0.511. The van der Waals surface area contributed by atoms with Crippen LogP contribution in [0.1, 0.15) is 36.6 Å². The van der Waals surface area contributed by atoms with Crippen molar-refractivity contribution in [1.29, 1.82) is 0 Å². The Balaban J connectivity index is 2.60. The second-order valence-electron chi connectivity index (χ2n) is 3.66. The molecular formula is C11H12ClN. The first-order chi connectivity index (χ1) is 6.18. The maximum Gasteiger partial charge on any atom is 0.129 e. The monoisotopic (exact) mass is 193 g/mol. The van der Waals surface area contributed by atoms with Gasteiger partial charge in [-0.25, -0.2) is 4.98 Å². The van der Waals surface area contributed by atoms with E-state index in [1.54, 1.807) is 0 Å². The van der Waals surface area contributed by atoms with E-state index in [0.29, 0.717) is 11.1 Å². The Hall–Kier alpha value is -0.820. The number of hydrogen-bond donors (Lipinski definition) is 0. The van der Waals surface area contributed by atoms with Gasteiger partial charge in [0.2, 0.25) is 0 Å². The van der Waals surface area contributed by atoms with Gasteiger partial charge in [-0.1, -0.05) is 37.6 Å². The molecule has 0 atom stereocenters. The summed E-state index contributed by atoms with van der Waals surface area (Å²) in [5.41, 5.74) is 3.71. The maximum atomic E-state index is 5.93. The third kappa shape index (κ3) is 1.49. The van der Waals surface area contributed by atoms with E-state index in [1.165, 1.54) is 11.1 Å². The van der Waals surface area contributed by atoms with Gasteiger partial charge in [-0.05, 0) is 23.1 Å². The summed E-state index contributed by atoms with van der Waals surface area (Å²) in [6.45, 7) is 4.36. The van der Waals surface area contributed by atoms with Crippen LogP contribution in [-0.4, -0.2) is 4.98 Å². The lowest BCUT2D eigenvalue weighted by Gasteiger charge is -2.10. The second kappa shape index (κ2) is 3.15. The molecule has 0 fully saturated rings. The quantitative estimate of drug-likeness (QED) is 0.623. The molecule has 13 heavy (non-hydrogen) atoms. The average Bonchev–Trinajstić information content (AvgIpc) is 2.49. The summed E-state index contributed by atoms with van der Waals surface area (Å²) in [5, 5.41) is 0.617.